The highest BCUT2D eigenvalue weighted by molar-refractivity contribution is 7.92. The Morgan fingerprint density at radius 2 is 1.53 bits per heavy atom. The van der Waals surface area contributed by atoms with Crippen molar-refractivity contribution in [2.75, 3.05) is 10.0 Å². The van der Waals surface area contributed by atoms with E-state index in [9.17, 15) is 8.42 Å². The van der Waals surface area contributed by atoms with Crippen LogP contribution in [0.15, 0.2) is 71.6 Å². The zero-order valence-corrected chi connectivity index (χ0v) is 18.1. The maximum atomic E-state index is 12.9. The standard InChI is InChI=1S/C21H16Cl2N4O2S/c1-13-9-10-15(12-17(13)23)24-20-21(26-19-8-3-2-7-18(19)25-20)27-30(28,29)16-6-4-5-14(22)11-16/h2-12H,1H3,(H,24,25)(H,26,27). The van der Waals surface area contributed by atoms with Gasteiger partial charge < -0.3 is 5.32 Å². The Labute approximate surface area is 183 Å². The fourth-order valence-electron chi connectivity index (χ4n) is 2.79. The molecule has 9 heteroatoms. The minimum Gasteiger partial charge on any atom is -0.337 e. The second-order valence-corrected chi connectivity index (χ2v) is 9.09. The third-order valence-corrected chi connectivity index (χ3v) is 6.32. The van der Waals surface area contributed by atoms with E-state index >= 15 is 0 Å². The predicted molar refractivity (Wildman–Crippen MR) is 121 cm³/mol. The summed E-state index contributed by atoms with van der Waals surface area (Å²) in [5.41, 5.74) is 2.74. The molecular formula is C21H16Cl2N4O2S. The number of nitrogens with one attached hydrogen (secondary N) is 2. The van der Waals surface area contributed by atoms with Crippen LogP contribution in [0.4, 0.5) is 17.3 Å². The molecule has 0 saturated carbocycles. The lowest BCUT2D eigenvalue weighted by atomic mass is 10.2. The second kappa shape index (κ2) is 8.10. The molecule has 0 unspecified atom stereocenters. The Bertz CT molecular complexity index is 1360. The zero-order chi connectivity index (χ0) is 21.3. The highest BCUT2D eigenvalue weighted by Crippen LogP contribution is 2.29. The van der Waals surface area contributed by atoms with Gasteiger partial charge in [-0.2, -0.15) is 0 Å². The Morgan fingerprint density at radius 3 is 2.20 bits per heavy atom. The molecule has 4 aromatic rings. The van der Waals surface area contributed by atoms with Gasteiger partial charge in [-0.05, 0) is 55.0 Å². The zero-order valence-electron chi connectivity index (χ0n) is 15.7. The van der Waals surface area contributed by atoms with Gasteiger partial charge in [-0.3, -0.25) is 4.72 Å². The van der Waals surface area contributed by atoms with Crippen LogP contribution < -0.4 is 10.0 Å². The normalized spacial score (nSPS) is 11.4. The molecule has 4 rings (SSSR count). The lowest BCUT2D eigenvalue weighted by Crippen LogP contribution is -2.16. The average Bonchev–Trinajstić information content (AvgIpc) is 2.71. The molecule has 152 valence electrons. The Morgan fingerprint density at radius 1 is 0.833 bits per heavy atom. The highest BCUT2D eigenvalue weighted by atomic mass is 35.5. The van der Waals surface area contributed by atoms with Gasteiger partial charge in [0.2, 0.25) is 0 Å². The smallest absolute Gasteiger partial charge is 0.263 e. The van der Waals surface area contributed by atoms with Crippen LogP contribution in [0.2, 0.25) is 10.0 Å². The van der Waals surface area contributed by atoms with E-state index in [1.54, 1.807) is 36.4 Å². The van der Waals surface area contributed by atoms with Gasteiger partial charge in [0.1, 0.15) is 0 Å². The van der Waals surface area contributed by atoms with Crippen LogP contribution in [0.5, 0.6) is 0 Å². The number of aryl methyl sites for hydroxylation is 1. The van der Waals surface area contributed by atoms with Gasteiger partial charge in [-0.25, -0.2) is 18.4 Å². The number of hydrogen-bond donors (Lipinski definition) is 2. The van der Waals surface area contributed by atoms with Crippen molar-refractivity contribution in [3.63, 3.8) is 0 Å². The first-order valence-corrected chi connectivity index (χ1v) is 11.1. The molecule has 0 bridgehead atoms. The number of rotatable bonds is 5. The first-order chi connectivity index (χ1) is 14.3. The van der Waals surface area contributed by atoms with E-state index in [4.69, 9.17) is 23.2 Å². The summed E-state index contributed by atoms with van der Waals surface area (Å²) in [6.45, 7) is 1.90. The molecule has 1 aromatic heterocycles. The lowest BCUT2D eigenvalue weighted by Gasteiger charge is -2.14. The van der Waals surface area contributed by atoms with Crippen molar-refractivity contribution in [3.05, 3.63) is 82.3 Å². The second-order valence-electron chi connectivity index (χ2n) is 6.56. The van der Waals surface area contributed by atoms with Crippen molar-refractivity contribution in [3.8, 4) is 0 Å². The summed E-state index contributed by atoms with van der Waals surface area (Å²) in [7, 11) is -3.94. The Hall–Kier alpha value is -2.87. The van der Waals surface area contributed by atoms with Crippen molar-refractivity contribution >= 4 is 61.6 Å². The predicted octanol–water partition coefficient (Wildman–Crippen LogP) is 5.79. The van der Waals surface area contributed by atoms with Crippen molar-refractivity contribution < 1.29 is 8.42 Å². The summed E-state index contributed by atoms with van der Waals surface area (Å²) in [6, 6.07) is 18.6. The molecule has 0 aliphatic rings. The van der Waals surface area contributed by atoms with E-state index in [0.29, 0.717) is 26.8 Å². The molecule has 0 aliphatic heterocycles. The van der Waals surface area contributed by atoms with Crippen molar-refractivity contribution in [1.29, 1.82) is 0 Å². The van der Waals surface area contributed by atoms with E-state index in [1.807, 2.05) is 25.1 Å². The van der Waals surface area contributed by atoms with Gasteiger partial charge in [-0.1, -0.05) is 47.5 Å². The molecule has 30 heavy (non-hydrogen) atoms. The molecule has 0 atom stereocenters. The lowest BCUT2D eigenvalue weighted by molar-refractivity contribution is 0.601. The summed E-state index contributed by atoms with van der Waals surface area (Å²) in [6.07, 6.45) is 0. The number of hydrogen-bond acceptors (Lipinski definition) is 5. The highest BCUT2D eigenvalue weighted by Gasteiger charge is 2.19. The van der Waals surface area contributed by atoms with Gasteiger partial charge in [0.15, 0.2) is 11.6 Å². The molecule has 0 aliphatic carbocycles. The first kappa shape index (κ1) is 20.4. The molecule has 0 spiro atoms. The minimum atomic E-state index is -3.94. The molecule has 0 amide bonds. The monoisotopic (exact) mass is 458 g/mol. The van der Waals surface area contributed by atoms with Gasteiger partial charge in [-0.15, -0.1) is 0 Å². The maximum absolute atomic E-state index is 12.9. The number of fused-ring (bicyclic) bond motifs is 1. The first-order valence-electron chi connectivity index (χ1n) is 8.90. The summed E-state index contributed by atoms with van der Waals surface area (Å²) < 4.78 is 28.3. The SMILES string of the molecule is Cc1ccc(Nc2nc3ccccc3nc2NS(=O)(=O)c2cccc(Cl)c2)cc1Cl. The van der Waals surface area contributed by atoms with Crippen molar-refractivity contribution in [2.45, 2.75) is 11.8 Å². The number of para-hydroxylation sites is 2. The average molecular weight is 459 g/mol. The minimum absolute atomic E-state index is 0.0225. The summed E-state index contributed by atoms with van der Waals surface area (Å²) >= 11 is 12.2. The third kappa shape index (κ3) is 4.33. The number of nitrogens with zero attached hydrogens (tertiary/aromatic N) is 2. The molecule has 0 saturated heterocycles. The number of benzene rings is 3. The molecular weight excluding hydrogens is 443 g/mol. The van der Waals surface area contributed by atoms with Crippen LogP contribution in [0, 0.1) is 6.92 Å². The van der Waals surface area contributed by atoms with Crippen LogP contribution in [0.3, 0.4) is 0 Å². The van der Waals surface area contributed by atoms with E-state index in [1.165, 1.54) is 12.1 Å². The molecule has 6 nitrogen and oxygen atoms in total. The number of aromatic nitrogens is 2. The number of sulfonamides is 1. The third-order valence-electron chi connectivity index (χ3n) is 4.34. The topological polar surface area (TPSA) is 84.0 Å². The van der Waals surface area contributed by atoms with E-state index in [2.05, 4.69) is 20.0 Å². The molecule has 3 aromatic carbocycles. The summed E-state index contributed by atoms with van der Waals surface area (Å²) in [5.74, 6) is 0.310. The Kier molecular flexibility index (Phi) is 5.51. The molecule has 1 heterocycles. The largest absolute Gasteiger partial charge is 0.337 e. The molecule has 0 radical (unpaired) electrons. The van der Waals surface area contributed by atoms with E-state index in [-0.39, 0.29) is 16.5 Å². The molecule has 0 fully saturated rings. The number of halogens is 2. The van der Waals surface area contributed by atoms with Crippen LogP contribution >= 0.6 is 23.2 Å². The van der Waals surface area contributed by atoms with Gasteiger partial charge in [0, 0.05) is 15.7 Å². The summed E-state index contributed by atoms with van der Waals surface area (Å²) in [5, 5.41) is 4.00. The van der Waals surface area contributed by atoms with Crippen LogP contribution in [0.25, 0.3) is 11.0 Å². The summed E-state index contributed by atoms with van der Waals surface area (Å²) in [4.78, 5) is 9.03. The van der Waals surface area contributed by atoms with Crippen LogP contribution in [-0.2, 0) is 10.0 Å². The fourth-order valence-corrected chi connectivity index (χ4v) is 4.28. The van der Waals surface area contributed by atoms with Crippen molar-refractivity contribution in [1.82, 2.24) is 9.97 Å². The van der Waals surface area contributed by atoms with E-state index in [0.717, 1.165) is 5.56 Å². The van der Waals surface area contributed by atoms with Gasteiger partial charge >= 0.3 is 0 Å². The maximum Gasteiger partial charge on any atom is 0.263 e. The fraction of sp³-hybridized carbons (Fsp3) is 0.0476. The van der Waals surface area contributed by atoms with Gasteiger partial charge in [0.25, 0.3) is 10.0 Å². The van der Waals surface area contributed by atoms with Crippen LogP contribution in [-0.4, -0.2) is 18.4 Å². The van der Waals surface area contributed by atoms with E-state index < -0.39 is 10.0 Å². The quantitative estimate of drug-likeness (QED) is 0.395. The molecule has 2 N–H and O–H groups in total. The Balaban J connectivity index is 1.79. The van der Waals surface area contributed by atoms with Crippen molar-refractivity contribution in [2.24, 2.45) is 0 Å². The van der Waals surface area contributed by atoms with Gasteiger partial charge in [0.05, 0.1) is 15.9 Å². The van der Waals surface area contributed by atoms with Crippen LogP contribution in [0.1, 0.15) is 5.56 Å². The number of anilines is 3.